The smallest absolute Gasteiger partial charge is 0.165 e. The number of fused-ring (bicyclic) bond motifs is 1. The lowest BCUT2D eigenvalue weighted by Crippen LogP contribution is -2.47. The molecule has 0 saturated carbocycles. The molecule has 1 fully saturated rings. The van der Waals surface area contributed by atoms with Crippen molar-refractivity contribution in [1.82, 2.24) is 14.5 Å². The normalized spacial score (nSPS) is 23.1. The lowest BCUT2D eigenvalue weighted by molar-refractivity contribution is -0.112. The Kier molecular flexibility index (Phi) is 9.20. The van der Waals surface area contributed by atoms with Crippen molar-refractivity contribution in [2.24, 2.45) is 0 Å². The summed E-state index contributed by atoms with van der Waals surface area (Å²) in [6.45, 7) is 2.03. The third-order valence-electron chi connectivity index (χ3n) is 6.56. The third kappa shape index (κ3) is 6.16. The summed E-state index contributed by atoms with van der Waals surface area (Å²) in [6, 6.07) is 10.3. The minimum absolute atomic E-state index is 0.0655. The lowest BCUT2D eigenvalue weighted by atomic mass is 9.94. The fourth-order valence-electron chi connectivity index (χ4n) is 4.45. The average Bonchev–Trinajstić information content (AvgIpc) is 3.33. The van der Waals surface area contributed by atoms with Gasteiger partial charge in [0.2, 0.25) is 0 Å². The minimum atomic E-state index is -1.47. The first kappa shape index (κ1) is 29.6. The van der Waals surface area contributed by atoms with Crippen LogP contribution in [0.15, 0.2) is 48.9 Å². The fraction of sp³-hybridized carbons (Fsp3) is 0.308. The largest absolute Gasteiger partial charge is 0.384 e. The van der Waals surface area contributed by atoms with E-state index in [1.54, 1.807) is 47.9 Å². The molecule has 0 spiro atoms. The molecule has 1 saturated heterocycles. The van der Waals surface area contributed by atoms with Gasteiger partial charge in [-0.2, -0.15) is 0 Å². The predicted molar refractivity (Wildman–Crippen MR) is 161 cm³/mol. The highest BCUT2D eigenvalue weighted by Crippen LogP contribution is 2.42. The van der Waals surface area contributed by atoms with Crippen molar-refractivity contribution >= 4 is 91.6 Å². The highest BCUT2D eigenvalue weighted by molar-refractivity contribution is 14.1. The molecule has 39 heavy (non-hydrogen) atoms. The molecule has 0 aliphatic carbocycles. The monoisotopic (exact) mass is 741 g/mol. The van der Waals surface area contributed by atoms with Crippen molar-refractivity contribution in [1.29, 1.82) is 0 Å². The zero-order valence-corrected chi connectivity index (χ0v) is 26.2. The van der Waals surface area contributed by atoms with Crippen LogP contribution in [-0.4, -0.2) is 44.1 Å². The van der Waals surface area contributed by atoms with Crippen molar-refractivity contribution in [3.05, 3.63) is 88.9 Å². The van der Waals surface area contributed by atoms with Crippen LogP contribution in [0.25, 0.3) is 11.0 Å². The molecule has 0 bridgehead atoms. The zero-order valence-electron chi connectivity index (χ0n) is 20.3. The molecular formula is C26H21Cl5IN3O4. The van der Waals surface area contributed by atoms with Crippen molar-refractivity contribution in [3.63, 3.8) is 0 Å². The van der Waals surface area contributed by atoms with Gasteiger partial charge in [-0.3, -0.25) is 0 Å². The number of benzene rings is 2. The van der Waals surface area contributed by atoms with Gasteiger partial charge in [-0.25, -0.2) is 9.97 Å². The molecule has 206 valence electrons. The third-order valence-corrected chi connectivity index (χ3v) is 8.84. The molecule has 0 amide bonds. The molecular weight excluding hydrogens is 722 g/mol. The van der Waals surface area contributed by atoms with Gasteiger partial charge in [-0.1, -0.05) is 70.1 Å². The molecule has 5 rings (SSSR count). The van der Waals surface area contributed by atoms with E-state index in [9.17, 15) is 5.11 Å². The molecule has 1 aliphatic heterocycles. The van der Waals surface area contributed by atoms with Crippen molar-refractivity contribution in [3.8, 4) is 0 Å². The lowest BCUT2D eigenvalue weighted by Gasteiger charge is -2.30. The van der Waals surface area contributed by atoms with Gasteiger partial charge in [0.1, 0.15) is 34.9 Å². The maximum atomic E-state index is 11.8. The van der Waals surface area contributed by atoms with E-state index in [4.69, 9.17) is 72.2 Å². The number of ether oxygens (including phenoxy) is 3. The van der Waals surface area contributed by atoms with E-state index < -0.39 is 24.0 Å². The first-order chi connectivity index (χ1) is 18.6. The maximum Gasteiger partial charge on any atom is 0.165 e. The molecule has 1 N–H and O–H groups in total. The minimum Gasteiger partial charge on any atom is -0.384 e. The number of nitrogens with zero attached hydrogens (tertiary/aromatic N) is 3. The molecule has 4 aromatic rings. The zero-order chi connectivity index (χ0) is 27.9. The molecule has 1 aliphatic rings. The summed E-state index contributed by atoms with van der Waals surface area (Å²) in [4.78, 5) is 8.52. The van der Waals surface area contributed by atoms with E-state index >= 15 is 0 Å². The molecule has 2 aromatic heterocycles. The highest BCUT2D eigenvalue weighted by atomic mass is 127. The van der Waals surface area contributed by atoms with Crippen molar-refractivity contribution < 1.29 is 19.3 Å². The first-order valence-electron chi connectivity index (χ1n) is 11.7. The molecule has 3 heterocycles. The molecule has 0 unspecified atom stereocenters. The van der Waals surface area contributed by atoms with Gasteiger partial charge in [-0.05, 0) is 64.9 Å². The molecule has 4 atom stereocenters. The summed E-state index contributed by atoms with van der Waals surface area (Å²) in [5, 5.41) is 14.8. The second-order valence-electron chi connectivity index (χ2n) is 9.21. The Morgan fingerprint density at radius 1 is 1.00 bits per heavy atom. The summed E-state index contributed by atoms with van der Waals surface area (Å²) >= 11 is 33.3. The van der Waals surface area contributed by atoms with Gasteiger partial charge < -0.3 is 23.9 Å². The van der Waals surface area contributed by atoms with Gasteiger partial charge in [0, 0.05) is 29.9 Å². The van der Waals surface area contributed by atoms with Crippen LogP contribution in [0.5, 0.6) is 0 Å². The summed E-state index contributed by atoms with van der Waals surface area (Å²) < 4.78 is 21.3. The van der Waals surface area contributed by atoms with E-state index in [0.29, 0.717) is 41.8 Å². The standard InChI is InChI=1S/C26H21Cl5IN3O4/c1-26(36)20(11-37-9-13-2-4-15(27)6-17(13)29)39-25(22(26)38-10-14-3-5-16(28)7-18(14)30)35-8-19(32)21-23(31)33-12-34-24(21)35/h2-8,12,20,22,25,36H,9-11H2,1H3/t20-,22+,25-,26-/m1/s1. The van der Waals surface area contributed by atoms with Gasteiger partial charge in [0.05, 0.1) is 25.2 Å². The second kappa shape index (κ2) is 12.1. The van der Waals surface area contributed by atoms with Crippen LogP contribution >= 0.6 is 80.6 Å². The predicted octanol–water partition coefficient (Wildman–Crippen LogP) is 7.75. The van der Waals surface area contributed by atoms with E-state index in [-0.39, 0.29) is 19.8 Å². The van der Waals surface area contributed by atoms with Crippen LogP contribution < -0.4 is 0 Å². The van der Waals surface area contributed by atoms with E-state index in [1.807, 2.05) is 6.20 Å². The highest BCUT2D eigenvalue weighted by Gasteiger charge is 2.55. The second-order valence-corrected chi connectivity index (χ2v) is 12.4. The summed E-state index contributed by atoms with van der Waals surface area (Å²) in [5.41, 5.74) is 0.558. The number of aromatic nitrogens is 3. The summed E-state index contributed by atoms with van der Waals surface area (Å²) in [5.74, 6) is 0. The average molecular weight is 744 g/mol. The van der Waals surface area contributed by atoms with Crippen LogP contribution in [0, 0.1) is 3.57 Å². The van der Waals surface area contributed by atoms with Crippen LogP contribution in [0.3, 0.4) is 0 Å². The Hall–Kier alpha value is -0.920. The maximum absolute atomic E-state index is 11.8. The molecule has 7 nitrogen and oxygen atoms in total. The SMILES string of the molecule is C[C@@]1(O)[C@@H](COCc2ccc(Cl)cc2Cl)O[C@@H](n2cc(I)c3c(Cl)ncnc32)[C@@H]1OCc1ccc(Cl)cc1Cl. The number of hydrogen-bond acceptors (Lipinski definition) is 6. The van der Waals surface area contributed by atoms with Gasteiger partial charge >= 0.3 is 0 Å². The number of hydrogen-bond donors (Lipinski definition) is 1. The number of rotatable bonds is 8. The van der Waals surface area contributed by atoms with Crippen LogP contribution in [0.2, 0.25) is 25.2 Å². The number of aliphatic hydroxyl groups is 1. The van der Waals surface area contributed by atoms with Gasteiger partial charge in [0.15, 0.2) is 6.23 Å². The van der Waals surface area contributed by atoms with Crippen LogP contribution in [-0.2, 0) is 27.4 Å². The Balaban J connectivity index is 1.43. The number of halogens is 6. The van der Waals surface area contributed by atoms with Crippen LogP contribution in [0.1, 0.15) is 24.3 Å². The molecule has 2 aromatic carbocycles. The Bertz CT molecular complexity index is 1520. The topological polar surface area (TPSA) is 78.6 Å². The van der Waals surface area contributed by atoms with E-state index in [0.717, 1.165) is 9.13 Å². The fourth-order valence-corrected chi connectivity index (χ4v) is 6.56. The Morgan fingerprint density at radius 3 is 2.28 bits per heavy atom. The molecule has 0 radical (unpaired) electrons. The molecule has 13 heteroatoms. The van der Waals surface area contributed by atoms with Gasteiger partial charge in [0.25, 0.3) is 0 Å². The summed E-state index contributed by atoms with van der Waals surface area (Å²) in [6.07, 6.45) is 0.860. The van der Waals surface area contributed by atoms with Crippen molar-refractivity contribution in [2.45, 2.75) is 44.2 Å². The van der Waals surface area contributed by atoms with E-state index in [1.165, 1.54) is 6.33 Å². The Morgan fingerprint density at radius 2 is 1.64 bits per heavy atom. The first-order valence-corrected chi connectivity index (χ1v) is 14.6. The Labute approximate surface area is 263 Å². The van der Waals surface area contributed by atoms with Crippen LogP contribution in [0.4, 0.5) is 0 Å². The van der Waals surface area contributed by atoms with Gasteiger partial charge in [-0.15, -0.1) is 0 Å². The van der Waals surface area contributed by atoms with Crippen molar-refractivity contribution in [2.75, 3.05) is 6.61 Å². The quantitative estimate of drug-likeness (QED) is 0.147. The van der Waals surface area contributed by atoms with E-state index in [2.05, 4.69) is 32.6 Å². The summed E-state index contributed by atoms with van der Waals surface area (Å²) in [7, 11) is 0.